The van der Waals surface area contributed by atoms with E-state index < -0.39 is 5.41 Å². The first kappa shape index (κ1) is 17.3. The Morgan fingerprint density at radius 3 is 2.21 bits per heavy atom. The lowest BCUT2D eigenvalue weighted by Crippen LogP contribution is -2.35. The second-order valence-electron chi connectivity index (χ2n) is 7.93. The Balaban J connectivity index is 1.79. The third-order valence-electron chi connectivity index (χ3n) is 5.89. The maximum absolute atomic E-state index is 13.6. The number of hydrogen-bond donors (Lipinski definition) is 0. The van der Waals surface area contributed by atoms with Gasteiger partial charge in [0.15, 0.2) is 0 Å². The van der Waals surface area contributed by atoms with Gasteiger partial charge in [0.1, 0.15) is 0 Å². The van der Waals surface area contributed by atoms with Crippen molar-refractivity contribution in [3.05, 3.63) is 106 Å². The number of fused-ring (bicyclic) bond motifs is 2. The lowest BCUT2D eigenvalue weighted by molar-refractivity contribution is -0.122. The smallest absolute Gasteiger partial charge is 0.241 e. The topological polar surface area (TPSA) is 20.3 Å². The molecular weight excluding hydrogens is 366 g/mol. The first-order chi connectivity index (χ1) is 13.5. The summed E-state index contributed by atoms with van der Waals surface area (Å²) in [5.41, 5.74) is 6.13. The molecule has 138 valence electrons. The van der Waals surface area contributed by atoms with Crippen molar-refractivity contribution in [1.82, 2.24) is 0 Å². The molecule has 0 radical (unpaired) electrons. The molecule has 1 amide bonds. The average molecular weight is 386 g/mol. The largest absolute Gasteiger partial charge is 0.283 e. The van der Waals surface area contributed by atoms with Crippen LogP contribution in [-0.2, 0) is 4.79 Å². The van der Waals surface area contributed by atoms with E-state index in [0.717, 1.165) is 17.0 Å². The van der Waals surface area contributed by atoms with Crippen molar-refractivity contribution in [2.45, 2.75) is 19.8 Å². The molecule has 0 fully saturated rings. The molecule has 5 rings (SSSR count). The van der Waals surface area contributed by atoms with Crippen LogP contribution in [0.2, 0.25) is 5.02 Å². The van der Waals surface area contributed by atoms with Crippen LogP contribution in [0.25, 0.3) is 5.57 Å². The van der Waals surface area contributed by atoms with Crippen LogP contribution in [0, 0.1) is 5.41 Å². The monoisotopic (exact) mass is 385 g/mol. The third kappa shape index (κ3) is 2.31. The van der Waals surface area contributed by atoms with Gasteiger partial charge in [0, 0.05) is 16.4 Å². The van der Waals surface area contributed by atoms with Gasteiger partial charge in [-0.15, -0.1) is 0 Å². The molecule has 0 bridgehead atoms. The van der Waals surface area contributed by atoms with E-state index in [4.69, 9.17) is 11.6 Å². The van der Waals surface area contributed by atoms with E-state index in [1.165, 1.54) is 16.7 Å². The molecule has 1 aliphatic heterocycles. The fourth-order valence-corrected chi connectivity index (χ4v) is 4.76. The molecule has 2 nitrogen and oxygen atoms in total. The molecule has 1 aliphatic carbocycles. The molecule has 2 aliphatic rings. The molecule has 0 spiro atoms. The molecule has 0 N–H and O–H groups in total. The van der Waals surface area contributed by atoms with Crippen LogP contribution in [0.1, 0.15) is 36.5 Å². The molecule has 3 aromatic carbocycles. The number of anilines is 1. The van der Waals surface area contributed by atoms with Gasteiger partial charge in [-0.1, -0.05) is 66.2 Å². The van der Waals surface area contributed by atoms with E-state index in [-0.39, 0.29) is 11.8 Å². The zero-order valence-electron chi connectivity index (χ0n) is 15.8. The van der Waals surface area contributed by atoms with Crippen molar-refractivity contribution in [1.29, 1.82) is 0 Å². The highest BCUT2D eigenvalue weighted by Gasteiger charge is 2.53. The van der Waals surface area contributed by atoms with E-state index in [1.807, 2.05) is 49.1 Å². The van der Waals surface area contributed by atoms with Crippen LogP contribution in [-0.4, -0.2) is 5.91 Å². The molecule has 28 heavy (non-hydrogen) atoms. The second kappa shape index (κ2) is 6.08. The van der Waals surface area contributed by atoms with Crippen LogP contribution >= 0.6 is 11.6 Å². The lowest BCUT2D eigenvalue weighted by Gasteiger charge is -2.29. The highest BCUT2D eigenvalue weighted by molar-refractivity contribution is 6.30. The van der Waals surface area contributed by atoms with Crippen molar-refractivity contribution in [3.63, 3.8) is 0 Å². The minimum absolute atomic E-state index is 0.0359. The van der Waals surface area contributed by atoms with Crippen LogP contribution in [0.5, 0.6) is 0 Å². The summed E-state index contributed by atoms with van der Waals surface area (Å²) in [6.45, 7) is 4.06. The van der Waals surface area contributed by atoms with Gasteiger partial charge in [0.05, 0.1) is 11.3 Å². The van der Waals surface area contributed by atoms with Crippen LogP contribution in [0.3, 0.4) is 0 Å². The van der Waals surface area contributed by atoms with E-state index in [0.29, 0.717) is 5.02 Å². The van der Waals surface area contributed by atoms with Crippen molar-refractivity contribution >= 4 is 28.8 Å². The maximum atomic E-state index is 13.6. The number of nitrogens with zero attached hydrogens (tertiary/aromatic N) is 1. The number of carbonyl (C=O) groups is 1. The minimum Gasteiger partial charge on any atom is -0.283 e. The molecule has 1 unspecified atom stereocenters. The predicted molar refractivity (Wildman–Crippen MR) is 114 cm³/mol. The zero-order chi connectivity index (χ0) is 19.5. The average Bonchev–Trinajstić information content (AvgIpc) is 3.14. The Morgan fingerprint density at radius 1 is 0.857 bits per heavy atom. The fourth-order valence-electron chi connectivity index (χ4n) is 4.63. The molecular formula is C25H20ClNO. The van der Waals surface area contributed by atoms with Crippen LogP contribution in [0.15, 0.2) is 84.6 Å². The summed E-state index contributed by atoms with van der Waals surface area (Å²) in [5.74, 6) is 0.143. The summed E-state index contributed by atoms with van der Waals surface area (Å²) in [6, 6.07) is 26.5. The molecule has 0 saturated heterocycles. The Hall–Kier alpha value is -2.84. The lowest BCUT2D eigenvalue weighted by atomic mass is 9.82. The van der Waals surface area contributed by atoms with Gasteiger partial charge < -0.3 is 0 Å². The summed E-state index contributed by atoms with van der Waals surface area (Å²) in [7, 11) is 0. The molecule has 1 atom stereocenters. The van der Waals surface area contributed by atoms with Crippen molar-refractivity contribution in [2.75, 3.05) is 4.90 Å². The molecule has 3 heteroatoms. The maximum Gasteiger partial charge on any atom is 0.241 e. The number of rotatable bonds is 2. The Labute approximate surface area is 170 Å². The Morgan fingerprint density at radius 2 is 1.50 bits per heavy atom. The van der Waals surface area contributed by atoms with E-state index in [2.05, 4.69) is 48.5 Å². The number of benzene rings is 3. The number of halogens is 1. The second-order valence-corrected chi connectivity index (χ2v) is 8.37. The first-order valence-electron chi connectivity index (χ1n) is 9.49. The molecule has 3 aromatic rings. The SMILES string of the molecule is CC1(C)C(=O)N(c2ccc(Cl)cc2)C2=C1c1ccccc1C2c1ccccc1. The van der Waals surface area contributed by atoms with Crippen LogP contribution < -0.4 is 4.90 Å². The van der Waals surface area contributed by atoms with Crippen molar-refractivity contribution in [3.8, 4) is 0 Å². The Kier molecular flexibility index (Phi) is 3.75. The van der Waals surface area contributed by atoms with Crippen molar-refractivity contribution < 1.29 is 4.79 Å². The number of amides is 1. The summed E-state index contributed by atoms with van der Waals surface area (Å²) in [6.07, 6.45) is 0. The number of carbonyl (C=O) groups excluding carboxylic acids is 1. The van der Waals surface area contributed by atoms with Crippen molar-refractivity contribution in [2.24, 2.45) is 5.41 Å². The third-order valence-corrected chi connectivity index (χ3v) is 6.14. The molecule has 1 heterocycles. The van der Waals surface area contributed by atoms with Gasteiger partial charge in [0.25, 0.3) is 0 Å². The minimum atomic E-state index is -0.589. The van der Waals surface area contributed by atoms with Gasteiger partial charge in [0.2, 0.25) is 5.91 Å². The van der Waals surface area contributed by atoms with Gasteiger partial charge in [-0.05, 0) is 60.4 Å². The van der Waals surface area contributed by atoms with E-state index in [9.17, 15) is 4.79 Å². The summed E-state index contributed by atoms with van der Waals surface area (Å²) in [4.78, 5) is 15.5. The summed E-state index contributed by atoms with van der Waals surface area (Å²) >= 11 is 6.10. The standard InChI is InChI=1S/C25H20ClNO/c1-25(2)22-20-11-7-6-10-19(20)21(16-8-4-3-5-9-16)23(22)27(24(25)28)18-14-12-17(26)13-15-18/h3-15,21H,1-2H3. The van der Waals surface area contributed by atoms with Gasteiger partial charge in [-0.25, -0.2) is 0 Å². The quantitative estimate of drug-likeness (QED) is 0.509. The number of hydrogen-bond acceptors (Lipinski definition) is 1. The van der Waals surface area contributed by atoms with Gasteiger partial charge in [-0.3, -0.25) is 9.69 Å². The summed E-state index contributed by atoms with van der Waals surface area (Å²) in [5, 5.41) is 0.665. The van der Waals surface area contributed by atoms with Gasteiger partial charge >= 0.3 is 0 Å². The normalized spacial score (nSPS) is 19.8. The van der Waals surface area contributed by atoms with Gasteiger partial charge in [-0.2, -0.15) is 0 Å². The fraction of sp³-hybridized carbons (Fsp3) is 0.160. The molecule has 0 saturated carbocycles. The predicted octanol–water partition coefficient (Wildman–Crippen LogP) is 6.27. The number of allylic oxidation sites excluding steroid dienone is 1. The summed E-state index contributed by atoms with van der Waals surface area (Å²) < 4.78 is 0. The highest BCUT2D eigenvalue weighted by atomic mass is 35.5. The first-order valence-corrected chi connectivity index (χ1v) is 9.87. The Bertz CT molecular complexity index is 1110. The van der Waals surface area contributed by atoms with E-state index in [1.54, 1.807) is 0 Å². The zero-order valence-corrected chi connectivity index (χ0v) is 16.6. The molecule has 0 aromatic heterocycles. The van der Waals surface area contributed by atoms with E-state index >= 15 is 0 Å². The van der Waals surface area contributed by atoms with Crippen LogP contribution in [0.4, 0.5) is 5.69 Å². The highest BCUT2D eigenvalue weighted by Crippen LogP contribution is 2.58.